The number of halogens is 4. The lowest BCUT2D eigenvalue weighted by Crippen LogP contribution is -2.25. The first-order chi connectivity index (χ1) is 19.0. The van der Waals surface area contributed by atoms with Crippen molar-refractivity contribution in [3.8, 4) is 11.5 Å². The van der Waals surface area contributed by atoms with Crippen molar-refractivity contribution >= 4 is 34.3 Å². The monoisotopic (exact) mass is 575 g/mol. The molecule has 0 saturated carbocycles. The van der Waals surface area contributed by atoms with E-state index in [4.69, 9.17) is 9.47 Å². The minimum absolute atomic E-state index is 0.0270. The number of methoxy groups -OCH3 is 2. The number of aromatic nitrogens is 2. The Balaban J connectivity index is 1.64. The smallest absolute Gasteiger partial charge is 0.416 e. The summed E-state index contributed by atoms with van der Waals surface area (Å²) < 4.78 is 65.0. The lowest BCUT2D eigenvalue weighted by molar-refractivity contribution is -0.137. The third-order valence-electron chi connectivity index (χ3n) is 6.06. The minimum atomic E-state index is -4.45. The highest BCUT2D eigenvalue weighted by Gasteiger charge is 2.30. The highest BCUT2D eigenvalue weighted by atomic mass is 32.2. The second-order valence-corrected chi connectivity index (χ2v) is 9.78. The van der Waals surface area contributed by atoms with Gasteiger partial charge in [-0.3, -0.25) is 14.2 Å². The van der Waals surface area contributed by atoms with Gasteiger partial charge in [0.1, 0.15) is 5.82 Å². The first-order valence-electron chi connectivity index (χ1n) is 12.0. The molecule has 0 atom stereocenters. The van der Waals surface area contributed by atoms with Gasteiger partial charge in [-0.25, -0.2) is 9.37 Å². The molecule has 1 N–H and O–H groups in total. The Morgan fingerprint density at radius 1 is 1.02 bits per heavy atom. The molecule has 40 heavy (non-hydrogen) atoms. The van der Waals surface area contributed by atoms with Crippen LogP contribution < -0.4 is 20.3 Å². The van der Waals surface area contributed by atoms with Crippen molar-refractivity contribution in [2.45, 2.75) is 31.2 Å². The number of nitrogens with zero attached hydrogens (tertiary/aromatic N) is 2. The van der Waals surface area contributed by atoms with Crippen molar-refractivity contribution < 1.29 is 31.8 Å². The highest BCUT2D eigenvalue weighted by Crippen LogP contribution is 2.32. The van der Waals surface area contributed by atoms with Crippen LogP contribution >= 0.6 is 11.8 Å². The van der Waals surface area contributed by atoms with Gasteiger partial charge in [0.15, 0.2) is 16.7 Å². The number of fused-ring (bicyclic) bond motifs is 1. The number of amides is 1. The second-order valence-electron chi connectivity index (χ2n) is 8.84. The van der Waals surface area contributed by atoms with E-state index in [1.165, 1.54) is 49.1 Å². The lowest BCUT2D eigenvalue weighted by Gasteiger charge is -2.15. The standard InChI is InChI=1S/C28H25F4N3O4S/c1-16-4-9-21(20(29)12-16)33-25(36)15-40-27-34-22-14-24(39-3)23(38-2)13-19(22)26(37)35(27)11-10-17-5-7-18(8-6-17)28(30,31)32/h4-9,12-14H,10-11,15H2,1-3H3,(H,33,36). The van der Waals surface area contributed by atoms with Crippen LogP contribution in [0.15, 0.2) is 64.5 Å². The van der Waals surface area contributed by atoms with Crippen LogP contribution in [0.1, 0.15) is 16.7 Å². The molecule has 0 aliphatic heterocycles. The van der Waals surface area contributed by atoms with E-state index in [0.29, 0.717) is 28.1 Å². The number of hydrogen-bond donors (Lipinski definition) is 1. The first-order valence-corrected chi connectivity index (χ1v) is 13.0. The Morgan fingerprint density at radius 3 is 2.33 bits per heavy atom. The summed E-state index contributed by atoms with van der Waals surface area (Å²) >= 11 is 0.973. The average Bonchev–Trinajstić information content (AvgIpc) is 2.92. The number of carbonyl (C=O) groups is 1. The van der Waals surface area contributed by atoms with E-state index in [0.717, 1.165) is 23.9 Å². The van der Waals surface area contributed by atoms with Gasteiger partial charge in [0.25, 0.3) is 5.56 Å². The molecule has 4 rings (SSSR count). The Kier molecular flexibility index (Phi) is 8.67. The third kappa shape index (κ3) is 6.56. The summed E-state index contributed by atoms with van der Waals surface area (Å²) in [5, 5.41) is 2.95. The summed E-state index contributed by atoms with van der Waals surface area (Å²) in [5.41, 5.74) is 0.421. The van der Waals surface area contributed by atoms with Gasteiger partial charge in [0.05, 0.1) is 42.1 Å². The van der Waals surface area contributed by atoms with E-state index in [2.05, 4.69) is 10.3 Å². The number of ether oxygens (including phenoxy) is 2. The maximum absolute atomic E-state index is 14.2. The lowest BCUT2D eigenvalue weighted by atomic mass is 10.1. The Morgan fingerprint density at radius 2 is 1.70 bits per heavy atom. The maximum atomic E-state index is 14.2. The molecule has 12 heteroatoms. The van der Waals surface area contributed by atoms with Crippen LogP contribution in [0.4, 0.5) is 23.2 Å². The number of rotatable bonds is 9. The zero-order valence-corrected chi connectivity index (χ0v) is 22.6. The maximum Gasteiger partial charge on any atom is 0.416 e. The zero-order valence-electron chi connectivity index (χ0n) is 21.8. The number of aryl methyl sites for hydroxylation is 2. The summed E-state index contributed by atoms with van der Waals surface area (Å²) in [5.74, 6) is -0.588. The summed E-state index contributed by atoms with van der Waals surface area (Å²) in [6, 6.07) is 12.1. The number of benzene rings is 3. The Bertz CT molecular complexity index is 1600. The number of anilines is 1. The van der Waals surface area contributed by atoms with E-state index in [-0.39, 0.29) is 34.9 Å². The van der Waals surface area contributed by atoms with E-state index >= 15 is 0 Å². The van der Waals surface area contributed by atoms with Gasteiger partial charge < -0.3 is 14.8 Å². The van der Waals surface area contributed by atoms with Crippen LogP contribution in [-0.2, 0) is 23.9 Å². The molecule has 3 aromatic carbocycles. The molecule has 0 radical (unpaired) electrons. The quantitative estimate of drug-likeness (QED) is 0.153. The fraction of sp³-hybridized carbons (Fsp3) is 0.250. The van der Waals surface area contributed by atoms with Gasteiger partial charge >= 0.3 is 6.18 Å². The molecule has 0 spiro atoms. The fourth-order valence-corrected chi connectivity index (χ4v) is 4.80. The zero-order chi connectivity index (χ0) is 29.0. The molecule has 0 bridgehead atoms. The topological polar surface area (TPSA) is 82.5 Å². The molecular formula is C28H25F4N3O4S. The summed E-state index contributed by atoms with van der Waals surface area (Å²) in [6.45, 7) is 1.81. The predicted molar refractivity (Wildman–Crippen MR) is 145 cm³/mol. The largest absolute Gasteiger partial charge is 0.493 e. The number of alkyl halides is 3. The first kappa shape index (κ1) is 28.9. The van der Waals surface area contributed by atoms with Crippen molar-refractivity contribution in [3.05, 3.63) is 87.5 Å². The van der Waals surface area contributed by atoms with Crippen molar-refractivity contribution in [3.63, 3.8) is 0 Å². The molecule has 210 valence electrons. The molecular weight excluding hydrogens is 550 g/mol. The van der Waals surface area contributed by atoms with Crippen molar-refractivity contribution in [2.24, 2.45) is 0 Å². The van der Waals surface area contributed by atoms with Gasteiger partial charge in [-0.05, 0) is 54.8 Å². The van der Waals surface area contributed by atoms with Crippen LogP contribution in [0.25, 0.3) is 10.9 Å². The van der Waals surface area contributed by atoms with Gasteiger partial charge in [-0.2, -0.15) is 13.2 Å². The van der Waals surface area contributed by atoms with Crippen LogP contribution in [0, 0.1) is 12.7 Å². The molecule has 0 unspecified atom stereocenters. The normalized spacial score (nSPS) is 11.5. The fourth-order valence-electron chi connectivity index (χ4n) is 3.97. The average molecular weight is 576 g/mol. The second kappa shape index (κ2) is 12.0. The number of thioether (sulfide) groups is 1. The van der Waals surface area contributed by atoms with E-state index in [9.17, 15) is 27.2 Å². The van der Waals surface area contributed by atoms with Crippen LogP contribution in [0.5, 0.6) is 11.5 Å². The van der Waals surface area contributed by atoms with Crippen molar-refractivity contribution in [1.29, 1.82) is 0 Å². The van der Waals surface area contributed by atoms with Gasteiger partial charge in [0.2, 0.25) is 5.91 Å². The van der Waals surface area contributed by atoms with Crippen LogP contribution in [-0.4, -0.2) is 35.4 Å². The van der Waals surface area contributed by atoms with Gasteiger partial charge in [0, 0.05) is 12.6 Å². The summed E-state index contributed by atoms with van der Waals surface area (Å²) in [7, 11) is 2.87. The SMILES string of the molecule is COc1cc2nc(SCC(=O)Nc3ccc(C)cc3F)n(CCc3ccc(C(F)(F)F)cc3)c(=O)c2cc1OC. The molecule has 1 amide bonds. The molecule has 0 saturated heterocycles. The van der Waals surface area contributed by atoms with Gasteiger partial charge in [-0.1, -0.05) is 30.0 Å². The van der Waals surface area contributed by atoms with E-state index in [1.54, 1.807) is 19.1 Å². The summed E-state index contributed by atoms with van der Waals surface area (Å²) in [6.07, 6.45) is -4.23. The molecule has 0 aliphatic rings. The molecule has 7 nitrogen and oxygen atoms in total. The Hall–Kier alpha value is -4.06. The van der Waals surface area contributed by atoms with E-state index < -0.39 is 29.0 Å². The molecule has 4 aromatic rings. The summed E-state index contributed by atoms with van der Waals surface area (Å²) in [4.78, 5) is 30.7. The number of carbonyl (C=O) groups excluding carboxylic acids is 1. The molecule has 1 aromatic heterocycles. The molecule has 1 heterocycles. The Labute approximate surface area is 231 Å². The van der Waals surface area contributed by atoms with E-state index in [1.807, 2.05) is 0 Å². The minimum Gasteiger partial charge on any atom is -0.493 e. The predicted octanol–water partition coefficient (Wildman–Crippen LogP) is 5.85. The van der Waals surface area contributed by atoms with Crippen molar-refractivity contribution in [1.82, 2.24) is 9.55 Å². The number of nitrogens with one attached hydrogen (secondary N) is 1. The van der Waals surface area contributed by atoms with Crippen LogP contribution in [0.3, 0.4) is 0 Å². The highest BCUT2D eigenvalue weighted by molar-refractivity contribution is 7.99. The number of hydrogen-bond acceptors (Lipinski definition) is 6. The van der Waals surface area contributed by atoms with Crippen LogP contribution in [0.2, 0.25) is 0 Å². The van der Waals surface area contributed by atoms with Crippen molar-refractivity contribution in [2.75, 3.05) is 25.3 Å². The van der Waals surface area contributed by atoms with Gasteiger partial charge in [-0.15, -0.1) is 0 Å². The molecule has 0 fully saturated rings. The third-order valence-corrected chi connectivity index (χ3v) is 7.04. The molecule has 0 aliphatic carbocycles.